The molecule has 0 fully saturated rings. The summed E-state index contributed by atoms with van der Waals surface area (Å²) in [5.41, 5.74) is 3.83. The second kappa shape index (κ2) is 7.89. The third kappa shape index (κ3) is 4.52. The molecule has 0 aliphatic carbocycles. The Hall–Kier alpha value is -2.05. The summed E-state index contributed by atoms with van der Waals surface area (Å²) in [4.78, 5) is 0.321. The van der Waals surface area contributed by atoms with Crippen LogP contribution >= 0.6 is 0 Å². The average Bonchev–Trinajstić information content (AvgIpc) is 2.55. The molecule has 0 bridgehead atoms. The third-order valence-electron chi connectivity index (χ3n) is 4.15. The summed E-state index contributed by atoms with van der Waals surface area (Å²) in [6.45, 7) is 6.03. The molecule has 0 aliphatic heterocycles. The van der Waals surface area contributed by atoms with Gasteiger partial charge >= 0.3 is 0 Å². The molecule has 2 aromatic rings. The second-order valence-corrected chi connectivity index (χ2v) is 7.79. The van der Waals surface area contributed by atoms with E-state index in [0.29, 0.717) is 29.4 Å². The SMILES string of the molecule is COc1cc(C)c(CCNS(=O)(=O)c2ccc(C)cc2C)cc1OC. The average molecular weight is 363 g/mol. The number of ether oxygens (including phenoxy) is 2. The zero-order valence-electron chi connectivity index (χ0n) is 15.3. The molecule has 0 saturated carbocycles. The van der Waals surface area contributed by atoms with Crippen LogP contribution in [0.1, 0.15) is 22.3 Å². The number of nitrogens with one attached hydrogen (secondary N) is 1. The van der Waals surface area contributed by atoms with Crippen molar-refractivity contribution in [2.75, 3.05) is 20.8 Å². The van der Waals surface area contributed by atoms with Gasteiger partial charge in [0, 0.05) is 6.54 Å². The molecule has 0 aromatic heterocycles. The number of sulfonamides is 1. The van der Waals surface area contributed by atoms with Gasteiger partial charge in [-0.3, -0.25) is 0 Å². The standard InChI is InChI=1S/C19H25NO4S/c1-13-6-7-19(15(3)10-13)25(21,22)20-9-8-16-12-18(24-5)17(23-4)11-14(16)2/h6-7,10-12,20H,8-9H2,1-5H3. The lowest BCUT2D eigenvalue weighted by atomic mass is 10.0. The van der Waals surface area contributed by atoms with Gasteiger partial charge in [0.15, 0.2) is 11.5 Å². The molecule has 6 heteroatoms. The Morgan fingerprint density at radius 3 is 2.16 bits per heavy atom. The largest absolute Gasteiger partial charge is 0.493 e. The van der Waals surface area contributed by atoms with Crippen molar-refractivity contribution in [3.05, 3.63) is 52.6 Å². The molecule has 0 radical (unpaired) electrons. The smallest absolute Gasteiger partial charge is 0.240 e. The van der Waals surface area contributed by atoms with Crippen LogP contribution in [0.25, 0.3) is 0 Å². The Morgan fingerprint density at radius 1 is 0.920 bits per heavy atom. The van der Waals surface area contributed by atoms with E-state index in [0.717, 1.165) is 22.3 Å². The Morgan fingerprint density at radius 2 is 1.56 bits per heavy atom. The fraction of sp³-hybridized carbons (Fsp3) is 0.368. The fourth-order valence-electron chi connectivity index (χ4n) is 2.79. The Labute approximate surface area is 150 Å². The number of rotatable bonds is 7. The molecule has 0 unspecified atom stereocenters. The van der Waals surface area contributed by atoms with Crippen LogP contribution in [0.3, 0.4) is 0 Å². The molecule has 0 atom stereocenters. The first-order chi connectivity index (χ1) is 11.8. The molecule has 0 spiro atoms. The maximum absolute atomic E-state index is 12.5. The van der Waals surface area contributed by atoms with Crippen LogP contribution in [0.4, 0.5) is 0 Å². The minimum atomic E-state index is -3.53. The summed E-state index contributed by atoms with van der Waals surface area (Å²) < 4.78 is 38.3. The lowest BCUT2D eigenvalue weighted by Crippen LogP contribution is -2.26. The van der Waals surface area contributed by atoms with Crippen LogP contribution in [-0.2, 0) is 16.4 Å². The van der Waals surface area contributed by atoms with Crippen molar-refractivity contribution in [3.8, 4) is 11.5 Å². The van der Waals surface area contributed by atoms with Gasteiger partial charge < -0.3 is 9.47 Å². The molecule has 2 rings (SSSR count). The summed E-state index contributed by atoms with van der Waals surface area (Å²) in [5.74, 6) is 1.31. The van der Waals surface area contributed by atoms with Crippen LogP contribution in [0.15, 0.2) is 35.2 Å². The third-order valence-corrected chi connectivity index (χ3v) is 5.77. The topological polar surface area (TPSA) is 64.6 Å². The maximum atomic E-state index is 12.5. The maximum Gasteiger partial charge on any atom is 0.240 e. The first-order valence-corrected chi connectivity index (χ1v) is 9.55. The van der Waals surface area contributed by atoms with E-state index in [9.17, 15) is 8.42 Å². The first-order valence-electron chi connectivity index (χ1n) is 8.07. The van der Waals surface area contributed by atoms with Gasteiger partial charge in [0.25, 0.3) is 0 Å². The quantitative estimate of drug-likeness (QED) is 0.821. The minimum absolute atomic E-state index is 0.311. The fourth-order valence-corrected chi connectivity index (χ4v) is 4.05. The monoisotopic (exact) mass is 363 g/mol. The number of hydrogen-bond acceptors (Lipinski definition) is 4. The molecule has 25 heavy (non-hydrogen) atoms. The van der Waals surface area contributed by atoms with E-state index in [4.69, 9.17) is 9.47 Å². The summed E-state index contributed by atoms with van der Waals surface area (Å²) in [7, 11) is -0.350. The van der Waals surface area contributed by atoms with Crippen molar-refractivity contribution < 1.29 is 17.9 Å². The molecule has 0 aliphatic rings. The first kappa shape index (κ1) is 19.3. The Kier molecular flexibility index (Phi) is 6.08. The van der Waals surface area contributed by atoms with Crippen molar-refractivity contribution in [2.45, 2.75) is 32.1 Å². The molecular weight excluding hydrogens is 338 g/mol. The predicted octanol–water partition coefficient (Wildman–Crippen LogP) is 3.15. The van der Waals surface area contributed by atoms with E-state index < -0.39 is 10.0 Å². The van der Waals surface area contributed by atoms with Crippen LogP contribution < -0.4 is 14.2 Å². The van der Waals surface area contributed by atoms with Gasteiger partial charge in [0.05, 0.1) is 19.1 Å². The van der Waals surface area contributed by atoms with E-state index in [-0.39, 0.29) is 0 Å². The Balaban J connectivity index is 2.12. The molecular formula is C19H25NO4S. The van der Waals surface area contributed by atoms with E-state index in [1.54, 1.807) is 33.3 Å². The zero-order chi connectivity index (χ0) is 18.6. The predicted molar refractivity (Wildman–Crippen MR) is 99.1 cm³/mol. The molecule has 0 amide bonds. The van der Waals surface area contributed by atoms with Gasteiger partial charge in [0.1, 0.15) is 0 Å². The summed E-state index contributed by atoms with van der Waals surface area (Å²) in [6.07, 6.45) is 0.566. The highest BCUT2D eigenvalue weighted by molar-refractivity contribution is 7.89. The van der Waals surface area contributed by atoms with Crippen molar-refractivity contribution in [3.63, 3.8) is 0 Å². The van der Waals surface area contributed by atoms with Crippen molar-refractivity contribution in [1.82, 2.24) is 4.72 Å². The number of benzene rings is 2. The molecule has 0 saturated heterocycles. The molecule has 1 N–H and O–H groups in total. The number of hydrogen-bond donors (Lipinski definition) is 1. The number of aryl methyl sites for hydroxylation is 3. The number of methoxy groups -OCH3 is 2. The Bertz CT molecular complexity index is 860. The zero-order valence-corrected chi connectivity index (χ0v) is 16.2. The van der Waals surface area contributed by atoms with Crippen molar-refractivity contribution in [1.29, 1.82) is 0 Å². The van der Waals surface area contributed by atoms with E-state index >= 15 is 0 Å². The molecule has 136 valence electrons. The lowest BCUT2D eigenvalue weighted by molar-refractivity contribution is 0.354. The highest BCUT2D eigenvalue weighted by Crippen LogP contribution is 2.30. The highest BCUT2D eigenvalue weighted by Gasteiger charge is 2.16. The molecule has 5 nitrogen and oxygen atoms in total. The summed E-state index contributed by atoms with van der Waals surface area (Å²) in [5, 5.41) is 0. The van der Waals surface area contributed by atoms with Gasteiger partial charge in [-0.25, -0.2) is 13.1 Å². The van der Waals surface area contributed by atoms with E-state index in [1.165, 1.54) is 0 Å². The normalized spacial score (nSPS) is 11.4. The second-order valence-electron chi connectivity index (χ2n) is 6.05. The van der Waals surface area contributed by atoms with Crippen molar-refractivity contribution in [2.24, 2.45) is 0 Å². The van der Waals surface area contributed by atoms with E-state index in [1.807, 2.05) is 32.0 Å². The highest BCUT2D eigenvalue weighted by atomic mass is 32.2. The minimum Gasteiger partial charge on any atom is -0.493 e. The van der Waals surface area contributed by atoms with Gasteiger partial charge in [-0.05, 0) is 62.1 Å². The van der Waals surface area contributed by atoms with Gasteiger partial charge in [-0.15, -0.1) is 0 Å². The van der Waals surface area contributed by atoms with E-state index in [2.05, 4.69) is 4.72 Å². The van der Waals surface area contributed by atoms with Crippen LogP contribution in [-0.4, -0.2) is 29.2 Å². The van der Waals surface area contributed by atoms with Crippen LogP contribution in [0.5, 0.6) is 11.5 Å². The summed E-state index contributed by atoms with van der Waals surface area (Å²) in [6, 6.07) is 9.11. The van der Waals surface area contributed by atoms with Crippen molar-refractivity contribution >= 4 is 10.0 Å². The lowest BCUT2D eigenvalue weighted by Gasteiger charge is -2.14. The molecule has 0 heterocycles. The van der Waals surface area contributed by atoms with Gasteiger partial charge in [0.2, 0.25) is 10.0 Å². The van der Waals surface area contributed by atoms with Crippen LogP contribution in [0, 0.1) is 20.8 Å². The summed E-state index contributed by atoms with van der Waals surface area (Å²) >= 11 is 0. The van der Waals surface area contributed by atoms with Crippen LogP contribution in [0.2, 0.25) is 0 Å². The van der Waals surface area contributed by atoms with Gasteiger partial charge in [-0.2, -0.15) is 0 Å². The van der Waals surface area contributed by atoms with Gasteiger partial charge in [-0.1, -0.05) is 17.7 Å². The molecule has 2 aromatic carbocycles.